The predicted octanol–water partition coefficient (Wildman–Crippen LogP) is 5.70. The summed E-state index contributed by atoms with van der Waals surface area (Å²) in [6, 6.07) is 6.72. The minimum Gasteiger partial charge on any atom is -0.274 e. The number of amides is 2. The molecule has 2 aromatic rings. The molecule has 0 N–H and O–H groups in total. The SMILES string of the molecule is O=C1[C@@H]2[C@H](C(=O)N1c1ccc(-c3cc(C(F)(F)F)cc(C(F)(F)F)c3)cc1)[C@H]1C=C[C@@H]2C1. The highest BCUT2D eigenvalue weighted by Crippen LogP contribution is 2.53. The van der Waals surface area contributed by atoms with Gasteiger partial charge in [0.25, 0.3) is 0 Å². The topological polar surface area (TPSA) is 37.4 Å². The van der Waals surface area contributed by atoms with Crippen LogP contribution in [0.2, 0.25) is 0 Å². The zero-order valence-corrected chi connectivity index (χ0v) is 16.2. The molecule has 0 aromatic heterocycles. The van der Waals surface area contributed by atoms with Crippen LogP contribution >= 0.6 is 0 Å². The molecule has 2 aliphatic carbocycles. The minimum absolute atomic E-state index is 0.0246. The largest absolute Gasteiger partial charge is 0.416 e. The van der Waals surface area contributed by atoms with Crippen molar-refractivity contribution in [2.24, 2.45) is 23.7 Å². The first-order chi connectivity index (χ1) is 14.9. The number of fused-ring (bicyclic) bond motifs is 5. The molecule has 0 radical (unpaired) electrons. The van der Waals surface area contributed by atoms with E-state index in [4.69, 9.17) is 0 Å². The van der Waals surface area contributed by atoms with Gasteiger partial charge in [0.1, 0.15) is 0 Å². The van der Waals surface area contributed by atoms with E-state index in [9.17, 15) is 35.9 Å². The maximum absolute atomic E-state index is 13.1. The average Bonchev–Trinajstić information content (AvgIpc) is 3.40. The number of imide groups is 1. The average molecular weight is 451 g/mol. The number of carbonyl (C=O) groups excluding carboxylic acids is 2. The number of rotatable bonds is 2. The van der Waals surface area contributed by atoms with Crippen LogP contribution in [0.3, 0.4) is 0 Å². The van der Waals surface area contributed by atoms with Gasteiger partial charge in [0.15, 0.2) is 0 Å². The number of nitrogens with zero attached hydrogens (tertiary/aromatic N) is 1. The lowest BCUT2D eigenvalue weighted by Crippen LogP contribution is -2.32. The molecule has 2 aromatic carbocycles. The maximum Gasteiger partial charge on any atom is 0.416 e. The number of alkyl halides is 6. The number of anilines is 1. The molecule has 2 bridgehead atoms. The number of carbonyl (C=O) groups is 2. The van der Waals surface area contributed by atoms with E-state index in [1.54, 1.807) is 0 Å². The first kappa shape index (κ1) is 20.8. The molecule has 5 rings (SSSR count). The smallest absolute Gasteiger partial charge is 0.274 e. The minimum atomic E-state index is -4.95. The Hall–Kier alpha value is -3.10. The van der Waals surface area contributed by atoms with Crippen LogP contribution in [0, 0.1) is 23.7 Å². The van der Waals surface area contributed by atoms with Crippen LogP contribution in [-0.4, -0.2) is 11.8 Å². The molecule has 2 fully saturated rings. The fourth-order valence-electron chi connectivity index (χ4n) is 5.08. The standard InChI is InChI=1S/C23H15F6NO2/c24-22(25,26)15-8-14(9-16(10-15)23(27,28)29)11-3-5-17(6-4-11)30-20(31)18-12-1-2-13(7-12)19(18)21(30)32/h1-6,8-10,12-13,18-19H,7H2/t12-,13+,18+,19-. The molecule has 3 aliphatic rings. The Kier molecular flexibility index (Phi) is 4.35. The Labute approximate surface area is 178 Å². The lowest BCUT2D eigenvalue weighted by Gasteiger charge is -2.18. The Morgan fingerprint density at radius 2 is 1.16 bits per heavy atom. The van der Waals surface area contributed by atoms with Crippen molar-refractivity contribution in [3.63, 3.8) is 0 Å². The van der Waals surface area contributed by atoms with Gasteiger partial charge in [-0.25, -0.2) is 0 Å². The summed E-state index contributed by atoms with van der Waals surface area (Å²) in [7, 11) is 0. The molecule has 32 heavy (non-hydrogen) atoms. The molecule has 1 saturated heterocycles. The van der Waals surface area contributed by atoms with Crippen molar-refractivity contribution >= 4 is 17.5 Å². The van der Waals surface area contributed by atoms with Crippen LogP contribution in [0.1, 0.15) is 17.5 Å². The molecule has 2 amide bonds. The molecule has 1 aliphatic heterocycles. The Morgan fingerprint density at radius 3 is 1.59 bits per heavy atom. The van der Waals surface area contributed by atoms with Crippen molar-refractivity contribution in [3.05, 3.63) is 65.7 Å². The zero-order chi connectivity index (χ0) is 23.0. The highest BCUT2D eigenvalue weighted by molar-refractivity contribution is 6.22. The molecular formula is C23H15F6NO2. The first-order valence-electron chi connectivity index (χ1n) is 9.91. The summed E-state index contributed by atoms with van der Waals surface area (Å²) in [5.41, 5.74) is -2.73. The summed E-state index contributed by atoms with van der Waals surface area (Å²) in [6.45, 7) is 0. The second-order valence-corrected chi connectivity index (χ2v) is 8.35. The predicted molar refractivity (Wildman–Crippen MR) is 102 cm³/mol. The molecule has 3 nitrogen and oxygen atoms in total. The molecule has 0 unspecified atom stereocenters. The van der Waals surface area contributed by atoms with Gasteiger partial charge in [-0.15, -0.1) is 0 Å². The summed E-state index contributed by atoms with van der Waals surface area (Å²) >= 11 is 0. The van der Waals surface area contributed by atoms with Crippen molar-refractivity contribution in [1.82, 2.24) is 0 Å². The number of hydrogen-bond acceptors (Lipinski definition) is 2. The second kappa shape index (κ2) is 6.70. The van der Waals surface area contributed by atoms with Gasteiger partial charge in [0.05, 0.1) is 28.7 Å². The van der Waals surface area contributed by atoms with Gasteiger partial charge in [0.2, 0.25) is 11.8 Å². The lowest BCUT2D eigenvalue weighted by atomic mass is 9.85. The lowest BCUT2D eigenvalue weighted by molar-refractivity contribution is -0.143. The zero-order valence-electron chi connectivity index (χ0n) is 16.2. The Balaban J connectivity index is 1.48. The molecule has 1 saturated carbocycles. The summed E-state index contributed by atoms with van der Waals surface area (Å²) in [4.78, 5) is 26.8. The fraction of sp³-hybridized carbons (Fsp3) is 0.304. The molecular weight excluding hydrogens is 436 g/mol. The van der Waals surface area contributed by atoms with Crippen LogP contribution < -0.4 is 4.90 Å². The van der Waals surface area contributed by atoms with Gasteiger partial charge in [-0.1, -0.05) is 24.3 Å². The van der Waals surface area contributed by atoms with E-state index in [2.05, 4.69) is 0 Å². The van der Waals surface area contributed by atoms with Crippen molar-refractivity contribution in [3.8, 4) is 11.1 Å². The molecule has 1 heterocycles. The Morgan fingerprint density at radius 1 is 0.688 bits per heavy atom. The number of halogens is 6. The van der Waals surface area contributed by atoms with Crippen molar-refractivity contribution in [1.29, 1.82) is 0 Å². The molecule has 166 valence electrons. The van der Waals surface area contributed by atoms with Crippen molar-refractivity contribution in [2.75, 3.05) is 4.90 Å². The van der Waals surface area contributed by atoms with Crippen LogP contribution in [0.4, 0.5) is 32.0 Å². The van der Waals surface area contributed by atoms with Gasteiger partial charge in [-0.2, -0.15) is 26.3 Å². The normalized spacial score (nSPS) is 26.9. The van der Waals surface area contributed by atoms with Gasteiger partial charge in [0, 0.05) is 0 Å². The molecule has 0 spiro atoms. The van der Waals surface area contributed by atoms with Crippen LogP contribution in [-0.2, 0) is 21.9 Å². The van der Waals surface area contributed by atoms with Crippen LogP contribution in [0.15, 0.2) is 54.6 Å². The quantitative estimate of drug-likeness (QED) is 0.334. The summed E-state index contributed by atoms with van der Waals surface area (Å²) in [5, 5.41) is 0. The highest BCUT2D eigenvalue weighted by Gasteiger charge is 2.59. The molecule has 4 atom stereocenters. The monoisotopic (exact) mass is 451 g/mol. The van der Waals surface area contributed by atoms with Crippen LogP contribution in [0.5, 0.6) is 0 Å². The van der Waals surface area contributed by atoms with E-state index in [0.29, 0.717) is 12.1 Å². The summed E-state index contributed by atoms with van der Waals surface area (Å²) in [5.74, 6) is -1.40. The van der Waals surface area contributed by atoms with Crippen molar-refractivity contribution in [2.45, 2.75) is 18.8 Å². The van der Waals surface area contributed by atoms with E-state index in [0.717, 1.165) is 11.3 Å². The highest BCUT2D eigenvalue weighted by atomic mass is 19.4. The van der Waals surface area contributed by atoms with E-state index in [1.807, 2.05) is 12.2 Å². The number of hydrogen-bond donors (Lipinski definition) is 0. The van der Waals surface area contributed by atoms with Gasteiger partial charge in [-0.05, 0) is 59.7 Å². The number of benzene rings is 2. The van der Waals surface area contributed by atoms with Crippen molar-refractivity contribution < 1.29 is 35.9 Å². The van der Waals surface area contributed by atoms with E-state index < -0.39 is 35.3 Å². The van der Waals surface area contributed by atoms with Gasteiger partial charge in [-0.3, -0.25) is 14.5 Å². The Bertz CT molecular complexity index is 1090. The second-order valence-electron chi connectivity index (χ2n) is 8.35. The van der Waals surface area contributed by atoms with E-state index in [-0.39, 0.29) is 46.5 Å². The first-order valence-corrected chi connectivity index (χ1v) is 9.91. The third-order valence-corrected chi connectivity index (χ3v) is 6.52. The summed E-state index contributed by atoms with van der Waals surface area (Å²) < 4.78 is 78.8. The third-order valence-electron chi connectivity index (χ3n) is 6.52. The van der Waals surface area contributed by atoms with Gasteiger partial charge >= 0.3 is 12.4 Å². The van der Waals surface area contributed by atoms with Gasteiger partial charge < -0.3 is 0 Å². The van der Waals surface area contributed by atoms with Crippen LogP contribution in [0.25, 0.3) is 11.1 Å². The third kappa shape index (κ3) is 3.13. The summed E-state index contributed by atoms with van der Waals surface area (Å²) in [6.07, 6.45) is -5.22. The maximum atomic E-state index is 13.1. The fourth-order valence-corrected chi connectivity index (χ4v) is 5.08. The van der Waals surface area contributed by atoms with E-state index >= 15 is 0 Å². The number of allylic oxidation sites excluding steroid dienone is 2. The molecule has 9 heteroatoms. The van der Waals surface area contributed by atoms with E-state index in [1.165, 1.54) is 24.3 Å².